The van der Waals surface area contributed by atoms with E-state index in [9.17, 15) is 14.7 Å². The first kappa shape index (κ1) is 15.9. The van der Waals surface area contributed by atoms with Gasteiger partial charge in [-0.05, 0) is 18.2 Å². The molecule has 0 aliphatic carbocycles. The molecule has 0 amide bonds. The molecule has 0 bridgehead atoms. The lowest BCUT2D eigenvalue weighted by atomic mass is 10.2. The molecule has 0 heterocycles. The molecule has 0 aromatic heterocycles. The van der Waals surface area contributed by atoms with Crippen LogP contribution in [-0.2, 0) is 14.3 Å². The highest BCUT2D eigenvalue weighted by Gasteiger charge is 2.10. The average molecular weight is 278 g/mol. The second-order valence-corrected chi connectivity index (χ2v) is 4.13. The maximum absolute atomic E-state index is 11.3. The molecule has 0 saturated heterocycles. The smallest absolute Gasteiger partial charge is 0.306 e. The van der Waals surface area contributed by atoms with Crippen LogP contribution in [0.3, 0.4) is 0 Å². The van der Waals surface area contributed by atoms with Gasteiger partial charge in [0.15, 0.2) is 5.78 Å². The summed E-state index contributed by atoms with van der Waals surface area (Å²) in [4.78, 5) is 22.2. The van der Waals surface area contributed by atoms with Gasteiger partial charge in [0.25, 0.3) is 0 Å². The first-order chi connectivity index (χ1) is 9.61. The normalized spacial score (nSPS) is 11.4. The van der Waals surface area contributed by atoms with E-state index in [1.54, 1.807) is 12.1 Å². The average Bonchev–Trinajstić information content (AvgIpc) is 2.49. The fourth-order valence-electron chi connectivity index (χ4n) is 1.35. The summed E-state index contributed by atoms with van der Waals surface area (Å²) in [6.07, 6.45) is 0.306. The predicted octanol–water partition coefficient (Wildman–Crippen LogP) is 1.50. The van der Waals surface area contributed by atoms with Crippen LogP contribution >= 0.6 is 0 Å². The lowest BCUT2D eigenvalue weighted by Gasteiger charge is -2.12. The van der Waals surface area contributed by atoms with E-state index in [1.807, 2.05) is 18.2 Å². The van der Waals surface area contributed by atoms with Crippen molar-refractivity contribution in [3.05, 3.63) is 43.0 Å². The van der Waals surface area contributed by atoms with Crippen LogP contribution in [0.25, 0.3) is 0 Å². The number of esters is 1. The van der Waals surface area contributed by atoms with Gasteiger partial charge < -0.3 is 14.6 Å². The molecule has 0 aliphatic rings. The number of rotatable bonds is 9. The number of hydrogen-bond donors (Lipinski definition) is 1. The molecule has 1 aromatic carbocycles. The highest BCUT2D eigenvalue weighted by Crippen LogP contribution is 2.08. The van der Waals surface area contributed by atoms with E-state index in [-0.39, 0.29) is 31.8 Å². The van der Waals surface area contributed by atoms with Gasteiger partial charge in [-0.2, -0.15) is 0 Å². The summed E-state index contributed by atoms with van der Waals surface area (Å²) in [5.74, 6) is -0.108. The number of benzene rings is 1. The van der Waals surface area contributed by atoms with Crippen molar-refractivity contribution in [2.45, 2.75) is 18.9 Å². The van der Waals surface area contributed by atoms with Gasteiger partial charge >= 0.3 is 5.97 Å². The summed E-state index contributed by atoms with van der Waals surface area (Å²) in [6, 6.07) is 9.02. The lowest BCUT2D eigenvalue weighted by molar-refractivity contribution is -0.147. The zero-order chi connectivity index (χ0) is 14.8. The van der Waals surface area contributed by atoms with Crippen molar-refractivity contribution in [1.82, 2.24) is 0 Å². The lowest BCUT2D eigenvalue weighted by Crippen LogP contribution is -2.25. The summed E-state index contributed by atoms with van der Waals surface area (Å²) >= 11 is 0. The van der Waals surface area contributed by atoms with E-state index in [2.05, 4.69) is 6.58 Å². The molecule has 1 aromatic rings. The maximum Gasteiger partial charge on any atom is 0.306 e. The highest BCUT2D eigenvalue weighted by molar-refractivity contribution is 5.91. The molecule has 1 rings (SSSR count). The number of para-hydroxylation sites is 1. The van der Waals surface area contributed by atoms with E-state index in [4.69, 9.17) is 9.47 Å². The first-order valence-corrected chi connectivity index (χ1v) is 6.28. The Kier molecular flexibility index (Phi) is 7.06. The predicted molar refractivity (Wildman–Crippen MR) is 73.3 cm³/mol. The standard InChI is InChI=1S/C15H18O5/c1-2-12(16)8-9-15(18)20-11-13(17)10-19-14-6-4-3-5-7-14/h2-7,13,17H,1,8-11H2. The number of hydrogen-bond acceptors (Lipinski definition) is 5. The number of ether oxygens (including phenoxy) is 2. The van der Waals surface area contributed by atoms with Crippen molar-refractivity contribution >= 4 is 11.8 Å². The molecule has 20 heavy (non-hydrogen) atoms. The van der Waals surface area contributed by atoms with Crippen molar-refractivity contribution in [3.8, 4) is 5.75 Å². The minimum atomic E-state index is -0.908. The number of allylic oxidation sites excluding steroid dienone is 1. The number of aliphatic hydroxyl groups is 1. The van der Waals surface area contributed by atoms with E-state index in [0.717, 1.165) is 6.08 Å². The topological polar surface area (TPSA) is 72.8 Å². The molecule has 5 heteroatoms. The van der Waals surface area contributed by atoms with Crippen LogP contribution in [0.2, 0.25) is 0 Å². The van der Waals surface area contributed by atoms with Crippen LogP contribution in [-0.4, -0.2) is 36.2 Å². The summed E-state index contributed by atoms with van der Waals surface area (Å²) in [5.41, 5.74) is 0. The molecule has 0 saturated carbocycles. The van der Waals surface area contributed by atoms with Crippen molar-refractivity contribution in [3.63, 3.8) is 0 Å². The third kappa shape index (κ3) is 6.70. The molecule has 5 nitrogen and oxygen atoms in total. The highest BCUT2D eigenvalue weighted by atomic mass is 16.5. The molecule has 0 radical (unpaired) electrons. The van der Waals surface area contributed by atoms with Crippen molar-refractivity contribution in [2.24, 2.45) is 0 Å². The van der Waals surface area contributed by atoms with Crippen LogP contribution in [0, 0.1) is 0 Å². The SMILES string of the molecule is C=CC(=O)CCC(=O)OCC(O)COc1ccccc1. The zero-order valence-electron chi connectivity index (χ0n) is 11.2. The largest absolute Gasteiger partial charge is 0.491 e. The Morgan fingerprint density at radius 1 is 1.20 bits per heavy atom. The Balaban J connectivity index is 2.16. The van der Waals surface area contributed by atoms with E-state index < -0.39 is 12.1 Å². The van der Waals surface area contributed by atoms with Gasteiger partial charge in [-0.15, -0.1) is 0 Å². The Morgan fingerprint density at radius 2 is 1.90 bits per heavy atom. The van der Waals surface area contributed by atoms with Gasteiger partial charge in [-0.3, -0.25) is 9.59 Å². The summed E-state index contributed by atoms with van der Waals surface area (Å²) < 4.78 is 10.1. The summed E-state index contributed by atoms with van der Waals surface area (Å²) in [5, 5.41) is 9.60. The van der Waals surface area contributed by atoms with Gasteiger partial charge in [0.05, 0.1) is 6.42 Å². The second kappa shape index (κ2) is 8.87. The second-order valence-electron chi connectivity index (χ2n) is 4.13. The number of ketones is 1. The quantitative estimate of drug-likeness (QED) is 0.547. The molecule has 0 aliphatic heterocycles. The summed E-state index contributed by atoms with van der Waals surface area (Å²) in [7, 11) is 0. The van der Waals surface area contributed by atoms with Crippen LogP contribution in [0.1, 0.15) is 12.8 Å². The molecule has 108 valence electrons. The molecular weight excluding hydrogens is 260 g/mol. The molecule has 0 fully saturated rings. The maximum atomic E-state index is 11.3. The Morgan fingerprint density at radius 3 is 2.55 bits per heavy atom. The zero-order valence-corrected chi connectivity index (χ0v) is 11.2. The van der Waals surface area contributed by atoms with Crippen molar-refractivity contribution in [2.75, 3.05) is 13.2 Å². The Labute approximate surface area is 117 Å². The van der Waals surface area contributed by atoms with Gasteiger partial charge in [-0.25, -0.2) is 0 Å². The van der Waals surface area contributed by atoms with Gasteiger partial charge in [-0.1, -0.05) is 24.8 Å². The van der Waals surface area contributed by atoms with E-state index >= 15 is 0 Å². The number of carbonyl (C=O) groups is 2. The summed E-state index contributed by atoms with van der Waals surface area (Å²) in [6.45, 7) is 3.18. The third-order valence-electron chi connectivity index (χ3n) is 2.43. The van der Waals surface area contributed by atoms with Gasteiger partial charge in [0, 0.05) is 6.42 Å². The number of aliphatic hydroxyl groups excluding tert-OH is 1. The minimum absolute atomic E-state index is 0.0168. The van der Waals surface area contributed by atoms with Crippen LogP contribution in [0.15, 0.2) is 43.0 Å². The van der Waals surface area contributed by atoms with Gasteiger partial charge in [0.1, 0.15) is 25.1 Å². The van der Waals surface area contributed by atoms with E-state index in [0.29, 0.717) is 5.75 Å². The third-order valence-corrected chi connectivity index (χ3v) is 2.43. The fraction of sp³-hybridized carbons (Fsp3) is 0.333. The number of carbonyl (C=O) groups excluding carboxylic acids is 2. The Hall–Kier alpha value is -2.14. The van der Waals surface area contributed by atoms with Crippen molar-refractivity contribution < 1.29 is 24.2 Å². The first-order valence-electron chi connectivity index (χ1n) is 6.28. The van der Waals surface area contributed by atoms with E-state index in [1.165, 1.54) is 0 Å². The van der Waals surface area contributed by atoms with Gasteiger partial charge in [0.2, 0.25) is 0 Å². The van der Waals surface area contributed by atoms with Crippen LogP contribution in [0.4, 0.5) is 0 Å². The molecule has 1 unspecified atom stereocenters. The molecule has 0 spiro atoms. The molecular formula is C15H18O5. The fourth-order valence-corrected chi connectivity index (χ4v) is 1.35. The molecule has 1 N–H and O–H groups in total. The minimum Gasteiger partial charge on any atom is -0.491 e. The monoisotopic (exact) mass is 278 g/mol. The molecule has 1 atom stereocenters. The van der Waals surface area contributed by atoms with Crippen molar-refractivity contribution in [1.29, 1.82) is 0 Å². The van der Waals surface area contributed by atoms with Crippen LogP contribution in [0.5, 0.6) is 5.75 Å². The van der Waals surface area contributed by atoms with Crippen LogP contribution < -0.4 is 4.74 Å². The Bertz CT molecular complexity index is 441.